The molecule has 2 aromatic heterocycles. The summed E-state index contributed by atoms with van der Waals surface area (Å²) in [6.07, 6.45) is 4.58. The Morgan fingerprint density at radius 2 is 1.92 bits per heavy atom. The lowest BCUT2D eigenvalue weighted by Crippen LogP contribution is -2.29. The highest BCUT2D eigenvalue weighted by atomic mass is 19.1. The summed E-state index contributed by atoms with van der Waals surface area (Å²) in [6.45, 7) is 5.19. The van der Waals surface area contributed by atoms with Crippen molar-refractivity contribution >= 4 is 39.8 Å². The fraction of sp³-hybridized carbons (Fsp3) is 0.185. The summed E-state index contributed by atoms with van der Waals surface area (Å²) in [5, 5.41) is 6.87. The van der Waals surface area contributed by atoms with Crippen molar-refractivity contribution in [2.45, 2.75) is 0 Å². The van der Waals surface area contributed by atoms with Gasteiger partial charge in [0.25, 0.3) is 0 Å². The Bertz CT molecular complexity index is 1410. The van der Waals surface area contributed by atoms with Crippen molar-refractivity contribution in [1.82, 2.24) is 19.9 Å². The summed E-state index contributed by atoms with van der Waals surface area (Å²) in [4.78, 5) is 29.8. The van der Waals surface area contributed by atoms with E-state index in [1.54, 1.807) is 24.5 Å². The number of halogens is 1. The Labute approximate surface area is 209 Å². The number of rotatable bonds is 9. The van der Waals surface area contributed by atoms with Gasteiger partial charge in [0.1, 0.15) is 11.3 Å². The maximum absolute atomic E-state index is 13.8. The number of nitrogens with zero attached hydrogens (tertiary/aromatic N) is 5. The monoisotopic (exact) mass is 485 g/mol. The lowest BCUT2D eigenvalue weighted by Gasteiger charge is -2.24. The number of hydrogen-bond donors (Lipinski definition) is 2. The molecule has 0 spiro atoms. The number of fused-ring (bicyclic) bond motifs is 1. The largest absolute Gasteiger partial charge is 0.372 e. The van der Waals surface area contributed by atoms with Crippen LogP contribution in [0.25, 0.3) is 22.2 Å². The van der Waals surface area contributed by atoms with Gasteiger partial charge in [0.05, 0.1) is 17.1 Å². The van der Waals surface area contributed by atoms with E-state index in [1.165, 1.54) is 18.2 Å². The van der Waals surface area contributed by atoms with Crippen LogP contribution in [-0.4, -0.2) is 60.0 Å². The summed E-state index contributed by atoms with van der Waals surface area (Å²) in [5.74, 6) is -0.298. The van der Waals surface area contributed by atoms with E-state index in [0.717, 1.165) is 24.2 Å². The Morgan fingerprint density at radius 1 is 1.08 bits per heavy atom. The molecule has 9 heteroatoms. The van der Waals surface area contributed by atoms with Crippen LogP contribution in [0.4, 0.5) is 27.4 Å². The summed E-state index contributed by atoms with van der Waals surface area (Å²) in [5.41, 5.74) is 3.98. The van der Waals surface area contributed by atoms with E-state index in [9.17, 15) is 9.18 Å². The van der Waals surface area contributed by atoms with Crippen LogP contribution in [-0.2, 0) is 4.79 Å². The first-order valence-corrected chi connectivity index (χ1v) is 11.4. The van der Waals surface area contributed by atoms with Crippen molar-refractivity contribution in [2.24, 2.45) is 0 Å². The minimum absolute atomic E-state index is 0.304. The van der Waals surface area contributed by atoms with E-state index < -0.39 is 0 Å². The van der Waals surface area contributed by atoms with Gasteiger partial charge < -0.3 is 20.4 Å². The van der Waals surface area contributed by atoms with Crippen LogP contribution in [0.2, 0.25) is 0 Å². The summed E-state index contributed by atoms with van der Waals surface area (Å²) >= 11 is 0. The topological polar surface area (TPSA) is 86.3 Å². The highest BCUT2D eigenvalue weighted by Gasteiger charge is 2.13. The number of carbonyl (C=O) groups excluding carboxylic acids is 1. The second-order valence-electron chi connectivity index (χ2n) is 8.58. The first-order chi connectivity index (χ1) is 17.3. The molecule has 8 nitrogen and oxygen atoms in total. The number of aromatic nitrogens is 3. The summed E-state index contributed by atoms with van der Waals surface area (Å²) in [7, 11) is 6.00. The zero-order valence-electron chi connectivity index (χ0n) is 20.5. The molecule has 2 aromatic carbocycles. The minimum Gasteiger partial charge on any atom is -0.372 e. The number of likely N-dealkylation sites (N-methyl/N-ethyl adjacent to an activating group) is 2. The van der Waals surface area contributed by atoms with E-state index in [2.05, 4.69) is 42.0 Å². The van der Waals surface area contributed by atoms with E-state index >= 15 is 0 Å². The quantitative estimate of drug-likeness (QED) is 0.333. The third-order valence-electron chi connectivity index (χ3n) is 5.59. The van der Waals surface area contributed by atoms with Crippen LogP contribution < -0.4 is 15.5 Å². The fourth-order valence-electron chi connectivity index (χ4n) is 3.69. The number of amides is 1. The molecule has 0 unspecified atom stereocenters. The van der Waals surface area contributed by atoms with Crippen LogP contribution in [0.15, 0.2) is 73.6 Å². The fourth-order valence-corrected chi connectivity index (χ4v) is 3.69. The lowest BCUT2D eigenvalue weighted by molar-refractivity contribution is -0.111. The molecule has 0 radical (unpaired) electrons. The average Bonchev–Trinajstić information content (AvgIpc) is 2.87. The van der Waals surface area contributed by atoms with Crippen molar-refractivity contribution in [3.63, 3.8) is 0 Å². The highest BCUT2D eigenvalue weighted by Crippen LogP contribution is 2.31. The molecule has 0 fully saturated rings. The first-order valence-electron chi connectivity index (χ1n) is 11.4. The molecule has 0 bridgehead atoms. The summed E-state index contributed by atoms with van der Waals surface area (Å²) in [6, 6.07) is 13.7. The molecule has 0 saturated carbocycles. The summed E-state index contributed by atoms with van der Waals surface area (Å²) < 4.78 is 13.8. The van der Waals surface area contributed by atoms with Crippen molar-refractivity contribution in [3.05, 3.63) is 79.4 Å². The van der Waals surface area contributed by atoms with Crippen LogP contribution in [0, 0.1) is 5.82 Å². The molecule has 36 heavy (non-hydrogen) atoms. The molecule has 184 valence electrons. The number of pyridine rings is 1. The second kappa shape index (κ2) is 10.9. The van der Waals surface area contributed by atoms with Gasteiger partial charge in [-0.25, -0.2) is 14.4 Å². The number of nitrogens with one attached hydrogen (secondary N) is 2. The van der Waals surface area contributed by atoms with Gasteiger partial charge >= 0.3 is 0 Å². The van der Waals surface area contributed by atoms with Gasteiger partial charge in [-0.2, -0.15) is 0 Å². The second-order valence-corrected chi connectivity index (χ2v) is 8.58. The van der Waals surface area contributed by atoms with Gasteiger partial charge in [0.2, 0.25) is 11.9 Å². The van der Waals surface area contributed by atoms with E-state index in [4.69, 9.17) is 0 Å². The molecule has 4 rings (SSSR count). The molecule has 0 aliphatic heterocycles. The number of hydrogen-bond acceptors (Lipinski definition) is 7. The van der Waals surface area contributed by atoms with Gasteiger partial charge in [0, 0.05) is 49.2 Å². The van der Waals surface area contributed by atoms with Crippen LogP contribution in [0.3, 0.4) is 0 Å². The lowest BCUT2D eigenvalue weighted by atomic mass is 10.1. The van der Waals surface area contributed by atoms with Crippen molar-refractivity contribution < 1.29 is 9.18 Å². The number of anilines is 4. The molecule has 4 aromatic rings. The number of carbonyl (C=O) groups is 1. The van der Waals surface area contributed by atoms with Crippen LogP contribution in [0.5, 0.6) is 0 Å². The molecule has 0 aliphatic rings. The molecule has 0 atom stereocenters. The predicted molar refractivity (Wildman–Crippen MR) is 143 cm³/mol. The van der Waals surface area contributed by atoms with Gasteiger partial charge in [-0.15, -0.1) is 0 Å². The van der Waals surface area contributed by atoms with Crippen LogP contribution >= 0.6 is 0 Å². The standard InChI is InChI=1S/C27H28FN7O/c1-5-24(36)32-22-16-21(9-10-23(22)35(4)14-13-34(2)3)31-27-30-17-19-11-12-29-25(26(19)33-27)18-7-6-8-20(28)15-18/h5-12,15-17H,1,13-14H2,2-4H3,(H,32,36)(H,30,31,33). The molecule has 1 amide bonds. The molecule has 2 N–H and O–H groups in total. The van der Waals surface area contributed by atoms with E-state index in [-0.39, 0.29) is 11.7 Å². The zero-order valence-corrected chi connectivity index (χ0v) is 20.5. The Hall–Kier alpha value is -4.37. The number of benzene rings is 2. The smallest absolute Gasteiger partial charge is 0.247 e. The predicted octanol–water partition coefficient (Wildman–Crippen LogP) is 4.70. The van der Waals surface area contributed by atoms with Crippen molar-refractivity contribution in [3.8, 4) is 11.3 Å². The first kappa shape index (κ1) is 24.7. The van der Waals surface area contributed by atoms with Gasteiger partial charge in [-0.1, -0.05) is 18.7 Å². The van der Waals surface area contributed by atoms with Crippen molar-refractivity contribution in [1.29, 1.82) is 0 Å². The molecule has 0 saturated heterocycles. The maximum Gasteiger partial charge on any atom is 0.247 e. The molecule has 2 heterocycles. The van der Waals surface area contributed by atoms with Gasteiger partial charge in [0.15, 0.2) is 0 Å². The Morgan fingerprint density at radius 3 is 2.67 bits per heavy atom. The third kappa shape index (κ3) is 5.81. The molecular formula is C27H28FN7O. The molecule has 0 aliphatic carbocycles. The molecular weight excluding hydrogens is 457 g/mol. The van der Waals surface area contributed by atoms with Crippen molar-refractivity contribution in [2.75, 3.05) is 49.8 Å². The average molecular weight is 486 g/mol. The minimum atomic E-state index is -0.344. The third-order valence-corrected chi connectivity index (χ3v) is 5.59. The Kier molecular flexibility index (Phi) is 7.50. The van der Waals surface area contributed by atoms with E-state index in [1.807, 2.05) is 45.4 Å². The zero-order chi connectivity index (χ0) is 25.7. The highest BCUT2D eigenvalue weighted by molar-refractivity contribution is 6.01. The Balaban J connectivity index is 1.67. The van der Waals surface area contributed by atoms with Crippen LogP contribution in [0.1, 0.15) is 0 Å². The normalized spacial score (nSPS) is 10.9. The van der Waals surface area contributed by atoms with Gasteiger partial charge in [-0.3, -0.25) is 9.78 Å². The van der Waals surface area contributed by atoms with E-state index in [0.29, 0.717) is 34.1 Å². The SMILES string of the molecule is C=CC(=O)Nc1cc(Nc2ncc3ccnc(-c4cccc(F)c4)c3n2)ccc1N(C)CCN(C)C. The van der Waals surface area contributed by atoms with Gasteiger partial charge in [-0.05, 0) is 56.6 Å². The maximum atomic E-state index is 13.8.